The Kier molecular flexibility index (Phi) is 6.31. The maximum atomic E-state index is 12.3. The van der Waals surface area contributed by atoms with E-state index < -0.39 is 12.3 Å². The summed E-state index contributed by atoms with van der Waals surface area (Å²) in [4.78, 5) is 19.1. The number of benzene rings is 2. The largest absolute Gasteiger partial charge is 0.573 e. The molecule has 1 amide bonds. The normalized spacial score (nSPS) is 14.3. The zero-order chi connectivity index (χ0) is 22.6. The molecule has 1 aromatic heterocycles. The number of nitrogens with zero attached hydrogens (tertiary/aromatic N) is 2. The third-order valence-corrected chi connectivity index (χ3v) is 4.73. The van der Waals surface area contributed by atoms with E-state index in [1.807, 2.05) is 24.3 Å². The van der Waals surface area contributed by atoms with Gasteiger partial charge in [-0.2, -0.15) is 0 Å². The summed E-state index contributed by atoms with van der Waals surface area (Å²) in [6.07, 6.45) is -4.77. The number of amides is 1. The Labute approximate surface area is 181 Å². The van der Waals surface area contributed by atoms with E-state index in [0.29, 0.717) is 30.2 Å². The average Bonchev–Trinajstić information content (AvgIpc) is 2.78. The van der Waals surface area contributed by atoms with E-state index in [-0.39, 0.29) is 12.4 Å². The van der Waals surface area contributed by atoms with Crippen molar-refractivity contribution < 1.29 is 32.2 Å². The highest BCUT2D eigenvalue weighted by atomic mass is 19.4. The predicted molar refractivity (Wildman–Crippen MR) is 112 cm³/mol. The molecule has 0 aliphatic carbocycles. The Hall–Kier alpha value is -3.53. The summed E-state index contributed by atoms with van der Waals surface area (Å²) >= 11 is 0. The first-order valence-electron chi connectivity index (χ1n) is 9.88. The van der Waals surface area contributed by atoms with Crippen molar-refractivity contribution in [2.75, 3.05) is 43.1 Å². The van der Waals surface area contributed by atoms with E-state index in [4.69, 9.17) is 14.5 Å². The molecule has 0 unspecified atom stereocenters. The number of hydrogen-bond donors (Lipinski definition) is 1. The van der Waals surface area contributed by atoms with Gasteiger partial charge in [0.1, 0.15) is 22.8 Å². The Morgan fingerprint density at radius 1 is 1.06 bits per heavy atom. The van der Waals surface area contributed by atoms with Crippen molar-refractivity contribution in [1.29, 1.82) is 0 Å². The lowest BCUT2D eigenvalue weighted by atomic mass is 10.2. The second-order valence-electron chi connectivity index (χ2n) is 7.01. The second-order valence-corrected chi connectivity index (χ2v) is 7.01. The van der Waals surface area contributed by atoms with E-state index in [9.17, 15) is 18.0 Å². The summed E-state index contributed by atoms with van der Waals surface area (Å²) in [5, 5.41) is 3.45. The molecule has 1 fully saturated rings. The van der Waals surface area contributed by atoms with Gasteiger partial charge in [-0.25, -0.2) is 4.98 Å². The number of morpholine rings is 1. The van der Waals surface area contributed by atoms with Gasteiger partial charge in [-0.3, -0.25) is 4.79 Å². The number of ether oxygens (including phenoxy) is 3. The number of carbonyl (C=O) groups excluding carboxylic acids is 1. The van der Waals surface area contributed by atoms with E-state index in [2.05, 4.69) is 15.0 Å². The number of aromatic nitrogens is 1. The third kappa shape index (κ3) is 5.58. The Morgan fingerprint density at radius 2 is 1.81 bits per heavy atom. The first-order chi connectivity index (χ1) is 15.4. The minimum atomic E-state index is -4.77. The zero-order valence-electron chi connectivity index (χ0n) is 16.9. The molecular formula is C22H20F3N3O4. The molecule has 168 valence electrons. The van der Waals surface area contributed by atoms with Crippen molar-refractivity contribution in [2.24, 2.45) is 0 Å². The van der Waals surface area contributed by atoms with E-state index in [1.54, 1.807) is 6.07 Å². The third-order valence-electron chi connectivity index (χ3n) is 4.73. The molecule has 1 aliphatic heterocycles. The summed E-state index contributed by atoms with van der Waals surface area (Å²) < 4.78 is 51.6. The first-order valence-corrected chi connectivity index (χ1v) is 9.88. The molecular weight excluding hydrogens is 427 g/mol. The van der Waals surface area contributed by atoms with Crippen LogP contribution in [0.15, 0.2) is 54.6 Å². The van der Waals surface area contributed by atoms with Gasteiger partial charge in [-0.15, -0.1) is 13.2 Å². The number of pyridine rings is 1. The van der Waals surface area contributed by atoms with E-state index >= 15 is 0 Å². The lowest BCUT2D eigenvalue weighted by Gasteiger charge is -2.28. The standard InChI is InChI=1S/C22H20F3N3O4/c23-22(24,25)32-17-7-5-16(6-8-17)26-20(29)14-31-18-3-1-2-15-4-9-19(27-21(15)18)28-10-12-30-13-11-28/h1-9H,10-14H2,(H,26,29). The smallest absolute Gasteiger partial charge is 0.481 e. The number of rotatable bonds is 6. The van der Waals surface area contributed by atoms with Crippen LogP contribution in [-0.2, 0) is 9.53 Å². The zero-order valence-corrected chi connectivity index (χ0v) is 16.9. The lowest BCUT2D eigenvalue weighted by Crippen LogP contribution is -2.36. The van der Waals surface area contributed by atoms with Crippen molar-refractivity contribution in [3.63, 3.8) is 0 Å². The molecule has 7 nitrogen and oxygen atoms in total. The number of hydrogen-bond acceptors (Lipinski definition) is 6. The van der Waals surface area contributed by atoms with Crippen LogP contribution < -0.4 is 19.7 Å². The minimum Gasteiger partial charge on any atom is -0.481 e. The van der Waals surface area contributed by atoms with Crippen LogP contribution >= 0.6 is 0 Å². The van der Waals surface area contributed by atoms with Crippen molar-refractivity contribution in [3.8, 4) is 11.5 Å². The molecule has 1 aliphatic rings. The molecule has 0 atom stereocenters. The van der Waals surface area contributed by atoms with Crippen LogP contribution in [0.5, 0.6) is 11.5 Å². The molecule has 4 rings (SSSR count). The van der Waals surface area contributed by atoms with Gasteiger partial charge in [0.15, 0.2) is 6.61 Å². The van der Waals surface area contributed by atoms with E-state index in [0.717, 1.165) is 36.4 Å². The van der Waals surface area contributed by atoms with Gasteiger partial charge in [0.05, 0.1) is 13.2 Å². The number of carbonyl (C=O) groups is 1. The van der Waals surface area contributed by atoms with Gasteiger partial charge in [-0.1, -0.05) is 12.1 Å². The number of anilines is 2. The molecule has 0 radical (unpaired) electrons. The Morgan fingerprint density at radius 3 is 2.53 bits per heavy atom. The average molecular weight is 447 g/mol. The summed E-state index contributed by atoms with van der Waals surface area (Å²) in [5.41, 5.74) is 0.955. The van der Waals surface area contributed by atoms with Crippen LogP contribution in [0.25, 0.3) is 10.9 Å². The highest BCUT2D eigenvalue weighted by molar-refractivity contribution is 5.92. The van der Waals surface area contributed by atoms with Gasteiger partial charge in [0, 0.05) is 24.2 Å². The van der Waals surface area contributed by atoms with Gasteiger partial charge in [0.2, 0.25) is 0 Å². The van der Waals surface area contributed by atoms with Crippen molar-refractivity contribution in [3.05, 3.63) is 54.6 Å². The van der Waals surface area contributed by atoms with Crippen LogP contribution in [0, 0.1) is 0 Å². The highest BCUT2D eigenvalue weighted by Gasteiger charge is 2.31. The maximum absolute atomic E-state index is 12.3. The van der Waals surface area contributed by atoms with E-state index in [1.165, 1.54) is 12.1 Å². The number of nitrogens with one attached hydrogen (secondary N) is 1. The monoisotopic (exact) mass is 447 g/mol. The van der Waals surface area contributed by atoms with Crippen LogP contribution in [0.3, 0.4) is 0 Å². The highest BCUT2D eigenvalue weighted by Crippen LogP contribution is 2.27. The fourth-order valence-electron chi connectivity index (χ4n) is 3.27. The molecule has 3 aromatic rings. The van der Waals surface area contributed by atoms with Crippen LogP contribution in [0.2, 0.25) is 0 Å². The second kappa shape index (κ2) is 9.31. The van der Waals surface area contributed by atoms with Crippen LogP contribution in [0.4, 0.5) is 24.7 Å². The molecule has 10 heteroatoms. The molecule has 0 saturated carbocycles. The quantitative estimate of drug-likeness (QED) is 0.616. The summed E-state index contributed by atoms with van der Waals surface area (Å²) in [7, 11) is 0. The van der Waals surface area contributed by atoms with Gasteiger partial charge < -0.3 is 24.4 Å². The number of alkyl halides is 3. The van der Waals surface area contributed by atoms with Gasteiger partial charge >= 0.3 is 6.36 Å². The summed E-state index contributed by atoms with van der Waals surface area (Å²) in [5.74, 6) is 0.435. The predicted octanol–water partition coefficient (Wildman–Crippen LogP) is 3.99. The Balaban J connectivity index is 1.40. The fourth-order valence-corrected chi connectivity index (χ4v) is 3.27. The fraction of sp³-hybridized carbons (Fsp3) is 0.273. The van der Waals surface area contributed by atoms with Gasteiger partial charge in [-0.05, 0) is 42.5 Å². The minimum absolute atomic E-state index is 0.288. The molecule has 1 N–H and O–H groups in total. The molecule has 0 spiro atoms. The SMILES string of the molecule is O=C(COc1cccc2ccc(N3CCOCC3)nc12)Nc1ccc(OC(F)(F)F)cc1. The molecule has 0 bridgehead atoms. The topological polar surface area (TPSA) is 72.9 Å². The molecule has 2 heterocycles. The molecule has 1 saturated heterocycles. The van der Waals surface area contributed by atoms with Crippen LogP contribution in [-0.4, -0.2) is 50.2 Å². The number of fused-ring (bicyclic) bond motifs is 1. The maximum Gasteiger partial charge on any atom is 0.573 e. The molecule has 32 heavy (non-hydrogen) atoms. The van der Waals surface area contributed by atoms with Crippen molar-refractivity contribution in [2.45, 2.75) is 6.36 Å². The lowest BCUT2D eigenvalue weighted by molar-refractivity contribution is -0.274. The van der Waals surface area contributed by atoms with Crippen LogP contribution in [0.1, 0.15) is 0 Å². The summed E-state index contributed by atoms with van der Waals surface area (Å²) in [6.45, 7) is 2.49. The van der Waals surface area contributed by atoms with Crippen molar-refractivity contribution >= 4 is 28.3 Å². The summed E-state index contributed by atoms with van der Waals surface area (Å²) in [6, 6.07) is 14.2. The number of halogens is 3. The Bertz CT molecular complexity index is 1080. The molecule has 2 aromatic carbocycles. The number of para-hydroxylation sites is 1. The van der Waals surface area contributed by atoms with Crippen molar-refractivity contribution in [1.82, 2.24) is 4.98 Å². The van der Waals surface area contributed by atoms with Gasteiger partial charge in [0.25, 0.3) is 5.91 Å². The first kappa shape index (κ1) is 21.7.